The van der Waals surface area contributed by atoms with Gasteiger partial charge in [0.15, 0.2) is 5.78 Å². The topological polar surface area (TPSA) is 37.3 Å². The Bertz CT molecular complexity index is 985. The molecule has 0 unspecified atom stereocenters. The van der Waals surface area contributed by atoms with Gasteiger partial charge >= 0.3 is 0 Å². The maximum absolute atomic E-state index is 11.5. The molecule has 3 aromatic carbocycles. The first-order valence-electron chi connectivity index (χ1n) is 9.82. The van der Waals surface area contributed by atoms with Gasteiger partial charge in [0.05, 0.1) is 0 Å². The second-order valence-electron chi connectivity index (χ2n) is 9.11. The molecule has 0 fully saturated rings. The van der Waals surface area contributed by atoms with E-state index in [4.69, 9.17) is 0 Å². The average molecular weight is 579 g/mol. The minimum atomic E-state index is -0.417. The van der Waals surface area contributed by atoms with Crippen LogP contribution in [0, 0.1) is 23.0 Å². The fourth-order valence-corrected chi connectivity index (χ4v) is 2.49. The van der Waals surface area contributed by atoms with Crippen LogP contribution in [0.1, 0.15) is 41.5 Å². The maximum Gasteiger partial charge on any atom is 0.164 e. The van der Waals surface area contributed by atoms with Crippen LogP contribution in [0.2, 0.25) is 0 Å². The van der Waals surface area contributed by atoms with E-state index in [0.29, 0.717) is 0 Å². The van der Waals surface area contributed by atoms with Gasteiger partial charge in [-0.25, -0.2) is 11.1 Å². The Balaban J connectivity index is 0.000000299. The number of rotatable bonds is 2. The number of carbonyl (C=O) groups is 1. The average Bonchev–Trinajstić information content (AvgIpc) is 2.67. The molecule has 30 heavy (non-hydrogen) atoms. The summed E-state index contributed by atoms with van der Waals surface area (Å²) in [7, 11) is 0. The maximum atomic E-state index is 11.5. The summed E-state index contributed by atoms with van der Waals surface area (Å²) < 4.78 is 0. The second kappa shape index (κ2) is 10.7. The van der Waals surface area contributed by atoms with E-state index in [1.54, 1.807) is 0 Å². The number of ketones is 1. The van der Waals surface area contributed by atoms with Crippen molar-refractivity contribution >= 4 is 16.6 Å². The summed E-state index contributed by atoms with van der Waals surface area (Å²) >= 11 is 0. The summed E-state index contributed by atoms with van der Waals surface area (Å²) in [5, 5.41) is 12.0. The normalized spacial score (nSPS) is 11.9. The molecule has 0 saturated carbocycles. The van der Waals surface area contributed by atoms with Crippen LogP contribution >= 0.6 is 0 Å². The third-order valence-corrected chi connectivity index (χ3v) is 4.47. The fraction of sp³-hybridized carbons (Fsp3) is 0.296. The van der Waals surface area contributed by atoms with E-state index < -0.39 is 5.41 Å². The summed E-state index contributed by atoms with van der Waals surface area (Å²) in [4.78, 5) is 11.5. The third kappa shape index (κ3) is 7.23. The first kappa shape index (κ1) is 25.8. The molecule has 0 amide bonds. The van der Waals surface area contributed by atoms with Gasteiger partial charge in [0.25, 0.3) is 0 Å². The zero-order valence-electron chi connectivity index (χ0n) is 18.5. The second-order valence-corrected chi connectivity index (χ2v) is 9.11. The Kier molecular flexibility index (Phi) is 9.21. The number of aliphatic hydroxyl groups is 1. The van der Waals surface area contributed by atoms with E-state index in [1.807, 2.05) is 65.8 Å². The van der Waals surface area contributed by atoms with Crippen molar-refractivity contribution < 1.29 is 30.0 Å². The van der Waals surface area contributed by atoms with E-state index in [2.05, 4.69) is 48.5 Å². The van der Waals surface area contributed by atoms with Crippen LogP contribution in [0.3, 0.4) is 0 Å². The molecule has 0 saturated heterocycles. The number of benzene rings is 3. The van der Waals surface area contributed by atoms with Crippen molar-refractivity contribution in [3.05, 3.63) is 84.6 Å². The van der Waals surface area contributed by atoms with Crippen molar-refractivity contribution in [2.45, 2.75) is 41.5 Å². The van der Waals surface area contributed by atoms with Gasteiger partial charge in [-0.3, -0.25) is 4.79 Å². The van der Waals surface area contributed by atoms with Crippen molar-refractivity contribution in [1.82, 2.24) is 0 Å². The van der Waals surface area contributed by atoms with E-state index in [-0.39, 0.29) is 37.1 Å². The zero-order valence-corrected chi connectivity index (χ0v) is 20.9. The molecule has 0 bridgehead atoms. The molecule has 0 aliphatic rings. The van der Waals surface area contributed by atoms with Crippen LogP contribution in [0.4, 0.5) is 0 Å². The van der Waals surface area contributed by atoms with Crippen LogP contribution in [0.5, 0.6) is 0 Å². The third-order valence-electron chi connectivity index (χ3n) is 4.47. The summed E-state index contributed by atoms with van der Waals surface area (Å²) in [5.74, 6) is 0.104. The Labute approximate surface area is 194 Å². The first-order chi connectivity index (χ1) is 13.5. The molecule has 1 radical (unpaired) electrons. The van der Waals surface area contributed by atoms with Gasteiger partial charge in [-0.1, -0.05) is 59.7 Å². The summed E-state index contributed by atoms with van der Waals surface area (Å²) in [5.41, 5.74) is 1.46. The predicted octanol–water partition coefficient (Wildman–Crippen LogP) is 7.19. The molecule has 161 valence electrons. The van der Waals surface area contributed by atoms with Gasteiger partial charge in [0.1, 0.15) is 5.76 Å². The van der Waals surface area contributed by atoms with Crippen molar-refractivity contribution in [2.75, 3.05) is 0 Å². The molecule has 0 aliphatic carbocycles. The molecule has 0 spiro atoms. The van der Waals surface area contributed by atoms with Crippen LogP contribution in [0.25, 0.3) is 21.9 Å². The SMILES string of the molecule is CC(C)(C)C(=O)C=C(O)C(C)(C)C.[Ir].[c-]1ccccc1-c1[c-]ccc2ccccc12. The van der Waals surface area contributed by atoms with Crippen LogP contribution in [-0.4, -0.2) is 10.9 Å². The van der Waals surface area contributed by atoms with Gasteiger partial charge in [0.2, 0.25) is 0 Å². The molecule has 0 heterocycles. The van der Waals surface area contributed by atoms with Crippen LogP contribution in [0.15, 0.2) is 72.5 Å². The van der Waals surface area contributed by atoms with Crippen LogP contribution < -0.4 is 0 Å². The fourth-order valence-electron chi connectivity index (χ4n) is 2.49. The molecule has 3 rings (SSSR count). The standard InChI is InChI=1S/C16H10.C11H20O2.Ir/c1-2-7-13(8-3-1)16-12-6-10-14-9-4-5-11-15(14)16;1-10(2,3)8(12)7-9(13)11(4,5)6;/h1-7,9-11H;7,12H,1-6H3;/q-2;;. The minimum absolute atomic E-state index is 0. The number of hydrogen-bond donors (Lipinski definition) is 1. The van der Waals surface area contributed by atoms with Gasteiger partial charge in [-0.05, 0) is 0 Å². The monoisotopic (exact) mass is 579 g/mol. The number of carbonyl (C=O) groups excluding carboxylic acids is 1. The molecule has 0 atom stereocenters. The summed E-state index contributed by atoms with van der Waals surface area (Å²) in [6, 6.07) is 27.0. The summed E-state index contributed by atoms with van der Waals surface area (Å²) in [6.07, 6.45) is 1.33. The largest absolute Gasteiger partial charge is 0.512 e. The van der Waals surface area contributed by atoms with Crippen molar-refractivity contribution in [3.63, 3.8) is 0 Å². The Morgan fingerprint density at radius 1 is 0.833 bits per heavy atom. The van der Waals surface area contributed by atoms with Crippen molar-refractivity contribution in [2.24, 2.45) is 10.8 Å². The molecule has 3 aromatic rings. The van der Waals surface area contributed by atoms with Gasteiger partial charge in [-0.15, -0.1) is 29.0 Å². The Morgan fingerprint density at radius 3 is 2.03 bits per heavy atom. The number of fused-ring (bicyclic) bond motifs is 1. The number of hydrogen-bond acceptors (Lipinski definition) is 2. The molecule has 0 aliphatic heterocycles. The molecule has 3 heteroatoms. The Morgan fingerprint density at radius 2 is 1.47 bits per heavy atom. The zero-order chi connectivity index (χ0) is 21.7. The van der Waals surface area contributed by atoms with Gasteiger partial charge < -0.3 is 5.11 Å². The smallest absolute Gasteiger partial charge is 0.164 e. The van der Waals surface area contributed by atoms with E-state index in [1.165, 1.54) is 16.8 Å². The van der Waals surface area contributed by atoms with Gasteiger partial charge in [0, 0.05) is 37.0 Å². The van der Waals surface area contributed by atoms with Crippen LogP contribution in [-0.2, 0) is 24.9 Å². The molecule has 0 aromatic heterocycles. The van der Waals surface area contributed by atoms with E-state index in [9.17, 15) is 9.90 Å². The van der Waals surface area contributed by atoms with Gasteiger partial charge in [-0.2, -0.15) is 36.4 Å². The van der Waals surface area contributed by atoms with E-state index >= 15 is 0 Å². The number of aliphatic hydroxyl groups excluding tert-OH is 1. The minimum Gasteiger partial charge on any atom is -0.512 e. The summed E-state index contributed by atoms with van der Waals surface area (Å²) in [6.45, 7) is 11.1. The van der Waals surface area contributed by atoms with Crippen molar-refractivity contribution in [3.8, 4) is 11.1 Å². The quantitative estimate of drug-likeness (QED) is 0.199. The predicted molar refractivity (Wildman–Crippen MR) is 122 cm³/mol. The molecule has 1 N–H and O–H groups in total. The number of allylic oxidation sites excluding steroid dienone is 2. The first-order valence-corrected chi connectivity index (χ1v) is 9.82. The van der Waals surface area contributed by atoms with E-state index in [0.717, 1.165) is 11.1 Å². The Hall–Kier alpha value is -2.22. The molecule has 2 nitrogen and oxygen atoms in total. The molecular weight excluding hydrogens is 549 g/mol. The molecular formula is C27H30IrO2-2. The van der Waals surface area contributed by atoms with Crippen molar-refractivity contribution in [1.29, 1.82) is 0 Å².